The summed E-state index contributed by atoms with van der Waals surface area (Å²) in [7, 11) is 1.57. The van der Waals surface area contributed by atoms with Gasteiger partial charge in [0.2, 0.25) is 12.3 Å². The van der Waals surface area contributed by atoms with Gasteiger partial charge in [0, 0.05) is 17.7 Å². The van der Waals surface area contributed by atoms with Crippen molar-refractivity contribution in [1.29, 1.82) is 0 Å². The molecule has 2 amide bonds. The van der Waals surface area contributed by atoms with E-state index in [0.717, 1.165) is 11.1 Å². The first-order chi connectivity index (χ1) is 18.3. The highest BCUT2D eigenvalue weighted by Gasteiger charge is 2.47. The molecule has 2 aliphatic heterocycles. The van der Waals surface area contributed by atoms with E-state index in [1.165, 1.54) is 21.0 Å². The van der Waals surface area contributed by atoms with Crippen LogP contribution in [0.1, 0.15) is 39.6 Å². The summed E-state index contributed by atoms with van der Waals surface area (Å²) in [4.78, 5) is 30.8. The summed E-state index contributed by atoms with van der Waals surface area (Å²) >= 11 is 1.27. The number of aryl methyl sites for hydroxylation is 1. The van der Waals surface area contributed by atoms with Gasteiger partial charge >= 0.3 is 0 Å². The Labute approximate surface area is 223 Å². The molecule has 4 heterocycles. The Morgan fingerprint density at radius 1 is 1.21 bits per heavy atom. The summed E-state index contributed by atoms with van der Waals surface area (Å²) in [6, 6.07) is 4.88. The van der Waals surface area contributed by atoms with Crippen molar-refractivity contribution in [2.24, 2.45) is 0 Å². The number of nitrogens with one attached hydrogen (secondary N) is 1. The third-order valence-corrected chi connectivity index (χ3v) is 8.10. The molecule has 1 aromatic carbocycles. The van der Waals surface area contributed by atoms with Crippen LogP contribution in [0, 0.1) is 13.8 Å². The fourth-order valence-electron chi connectivity index (χ4n) is 4.99. The van der Waals surface area contributed by atoms with Crippen molar-refractivity contribution < 1.29 is 29.3 Å². The zero-order chi connectivity index (χ0) is 27.0. The van der Waals surface area contributed by atoms with Crippen LogP contribution < -0.4 is 15.0 Å². The van der Waals surface area contributed by atoms with Gasteiger partial charge in [0.05, 0.1) is 44.8 Å². The van der Waals surface area contributed by atoms with E-state index in [-0.39, 0.29) is 25.7 Å². The SMILES string of the molecule is COc1ccc(C)cc1C(CN1c2sc(-n3nccn3)c(C)c2C(=O)N([C@H]2CCNC2=O)C1O)OCCO. The fourth-order valence-corrected chi connectivity index (χ4v) is 6.23. The number of aromatic nitrogens is 3. The van der Waals surface area contributed by atoms with E-state index in [9.17, 15) is 19.8 Å². The average molecular weight is 543 g/mol. The van der Waals surface area contributed by atoms with Crippen molar-refractivity contribution in [3.8, 4) is 10.8 Å². The lowest BCUT2D eigenvalue weighted by molar-refractivity contribution is -0.126. The van der Waals surface area contributed by atoms with Crippen LogP contribution in [-0.4, -0.2) is 87.7 Å². The number of amides is 2. The zero-order valence-corrected chi connectivity index (χ0v) is 22.1. The summed E-state index contributed by atoms with van der Waals surface area (Å²) in [6.45, 7) is 4.14. The molecule has 2 unspecified atom stereocenters. The molecule has 0 bridgehead atoms. The minimum atomic E-state index is -1.43. The Hall–Kier alpha value is -3.52. The lowest BCUT2D eigenvalue weighted by atomic mass is 10.0. The first-order valence-corrected chi connectivity index (χ1v) is 13.1. The maximum atomic E-state index is 13.8. The molecule has 12 nitrogen and oxygen atoms in total. The predicted octanol–water partition coefficient (Wildman–Crippen LogP) is 1.13. The second-order valence-corrected chi connectivity index (χ2v) is 10.1. The Morgan fingerprint density at radius 3 is 2.63 bits per heavy atom. The maximum Gasteiger partial charge on any atom is 0.261 e. The van der Waals surface area contributed by atoms with Crippen molar-refractivity contribution in [3.05, 3.63) is 52.8 Å². The molecule has 2 aromatic heterocycles. The molecular formula is C25H30N6O6S. The molecule has 3 atom stereocenters. The number of fused-ring (bicyclic) bond motifs is 1. The van der Waals surface area contributed by atoms with Gasteiger partial charge in [-0.25, -0.2) is 0 Å². The van der Waals surface area contributed by atoms with Crippen LogP contribution in [0.2, 0.25) is 0 Å². The van der Waals surface area contributed by atoms with Gasteiger partial charge in [-0.2, -0.15) is 10.2 Å². The molecule has 3 N–H and O–H groups in total. The van der Waals surface area contributed by atoms with Crippen LogP contribution in [0.3, 0.4) is 0 Å². The Balaban J connectivity index is 1.62. The summed E-state index contributed by atoms with van der Waals surface area (Å²) < 4.78 is 11.7. The lowest BCUT2D eigenvalue weighted by Gasteiger charge is -2.44. The number of aliphatic hydroxyl groups is 2. The molecule has 0 spiro atoms. The topological polar surface area (TPSA) is 142 Å². The van der Waals surface area contributed by atoms with Crippen LogP contribution in [0.25, 0.3) is 5.00 Å². The molecule has 1 saturated heterocycles. The van der Waals surface area contributed by atoms with E-state index in [0.29, 0.717) is 39.8 Å². The van der Waals surface area contributed by atoms with Gasteiger partial charge in [-0.3, -0.25) is 14.5 Å². The highest BCUT2D eigenvalue weighted by Crippen LogP contribution is 2.44. The summed E-state index contributed by atoms with van der Waals surface area (Å²) in [5.74, 6) is -0.146. The molecule has 0 radical (unpaired) electrons. The molecule has 1 fully saturated rings. The third kappa shape index (κ3) is 4.51. The predicted molar refractivity (Wildman–Crippen MR) is 138 cm³/mol. The van der Waals surface area contributed by atoms with Crippen LogP contribution >= 0.6 is 11.3 Å². The standard InChI is InChI=1S/C25H30N6O6S/c1-14-4-5-18(36-3)16(12-14)19(37-11-10-32)13-29-24-20(15(2)23(38-24)31-27-8-9-28-31)22(34)30(25(29)35)17-6-7-26-21(17)33/h4-5,8-9,12,17,19,25,32,35H,6-7,10-11,13H2,1-3H3,(H,26,33)/t17-,19?,25?/m0/s1. The van der Waals surface area contributed by atoms with Crippen molar-refractivity contribution in [2.45, 2.75) is 38.8 Å². The van der Waals surface area contributed by atoms with Crippen molar-refractivity contribution in [1.82, 2.24) is 25.2 Å². The number of hydrogen-bond acceptors (Lipinski definition) is 10. The van der Waals surface area contributed by atoms with Gasteiger partial charge in [-0.1, -0.05) is 23.0 Å². The van der Waals surface area contributed by atoms with Gasteiger partial charge in [0.25, 0.3) is 5.91 Å². The minimum absolute atomic E-state index is 0.0537. The first-order valence-electron chi connectivity index (χ1n) is 12.3. The molecule has 5 rings (SSSR count). The first kappa shape index (κ1) is 26.1. The molecule has 0 aliphatic carbocycles. The average Bonchev–Trinajstić information content (AvgIpc) is 3.65. The van der Waals surface area contributed by atoms with Gasteiger partial charge in [0.15, 0.2) is 0 Å². The molecule has 13 heteroatoms. The smallest absolute Gasteiger partial charge is 0.261 e. The summed E-state index contributed by atoms with van der Waals surface area (Å²) in [6.07, 6.45) is 1.41. The van der Waals surface area contributed by atoms with Gasteiger partial charge < -0.3 is 29.9 Å². The summed E-state index contributed by atoms with van der Waals surface area (Å²) in [5, 5.41) is 33.5. The molecular weight excluding hydrogens is 512 g/mol. The number of aliphatic hydroxyl groups excluding tert-OH is 2. The molecule has 2 aliphatic rings. The van der Waals surface area contributed by atoms with E-state index < -0.39 is 24.4 Å². The number of nitrogens with zero attached hydrogens (tertiary/aromatic N) is 5. The molecule has 0 saturated carbocycles. The highest BCUT2D eigenvalue weighted by atomic mass is 32.1. The highest BCUT2D eigenvalue weighted by molar-refractivity contribution is 7.19. The quantitative estimate of drug-likeness (QED) is 0.363. The number of carbonyl (C=O) groups is 2. The second kappa shape index (κ2) is 10.7. The minimum Gasteiger partial charge on any atom is -0.496 e. The molecule has 38 heavy (non-hydrogen) atoms. The number of methoxy groups -OCH3 is 1. The number of rotatable bonds is 9. The van der Waals surface area contributed by atoms with Crippen LogP contribution in [-0.2, 0) is 9.53 Å². The van der Waals surface area contributed by atoms with Crippen molar-refractivity contribution >= 4 is 28.2 Å². The van der Waals surface area contributed by atoms with Gasteiger partial charge in [-0.05, 0) is 32.4 Å². The maximum absolute atomic E-state index is 13.8. The van der Waals surface area contributed by atoms with Crippen molar-refractivity contribution in [2.75, 3.05) is 38.3 Å². The molecule has 3 aromatic rings. The Morgan fingerprint density at radius 2 is 1.97 bits per heavy atom. The number of hydrogen-bond donors (Lipinski definition) is 3. The Kier molecular flexibility index (Phi) is 7.34. The number of ether oxygens (including phenoxy) is 2. The Bertz CT molecular complexity index is 1330. The lowest BCUT2D eigenvalue weighted by Crippen LogP contribution is -2.60. The third-order valence-electron chi connectivity index (χ3n) is 6.80. The van der Waals surface area contributed by atoms with E-state index >= 15 is 0 Å². The number of thiophene rings is 1. The summed E-state index contributed by atoms with van der Waals surface area (Å²) in [5.41, 5.74) is 2.74. The van der Waals surface area contributed by atoms with Gasteiger partial charge in [-0.15, -0.1) is 4.80 Å². The number of benzene rings is 1. The van der Waals surface area contributed by atoms with Crippen molar-refractivity contribution in [3.63, 3.8) is 0 Å². The number of carbonyl (C=O) groups excluding carboxylic acids is 2. The van der Waals surface area contributed by atoms with Crippen LogP contribution in [0.5, 0.6) is 5.75 Å². The normalized spacial score (nSPS) is 20.0. The van der Waals surface area contributed by atoms with Crippen LogP contribution in [0.15, 0.2) is 30.6 Å². The second-order valence-electron chi connectivity index (χ2n) is 9.17. The monoisotopic (exact) mass is 542 g/mol. The van der Waals surface area contributed by atoms with Gasteiger partial charge in [0.1, 0.15) is 27.9 Å². The molecule has 202 valence electrons. The van der Waals surface area contributed by atoms with E-state index in [1.54, 1.807) is 31.3 Å². The van der Waals surface area contributed by atoms with E-state index in [4.69, 9.17) is 9.47 Å². The zero-order valence-electron chi connectivity index (χ0n) is 21.3. The van der Waals surface area contributed by atoms with E-state index in [1.807, 2.05) is 25.1 Å². The number of anilines is 1. The van der Waals surface area contributed by atoms with Crippen LogP contribution in [0.4, 0.5) is 5.00 Å². The fraction of sp³-hybridized carbons (Fsp3) is 0.440. The largest absolute Gasteiger partial charge is 0.496 e. The van der Waals surface area contributed by atoms with E-state index in [2.05, 4.69) is 15.5 Å².